The number of hydrogen-bond donors (Lipinski definition) is 2. The maximum atomic E-state index is 11.8. The second kappa shape index (κ2) is 6.40. The molecule has 7 nitrogen and oxygen atoms in total. The Kier molecular flexibility index (Phi) is 5.80. The van der Waals surface area contributed by atoms with Gasteiger partial charge in [-0.1, -0.05) is 0 Å². The molecule has 0 aliphatic heterocycles. The fourth-order valence-corrected chi connectivity index (χ4v) is 0.928. The Hall–Kier alpha value is -1.79. The van der Waals surface area contributed by atoms with Gasteiger partial charge in [0.15, 0.2) is 0 Å². The SMILES string of the molecule is CC(=O)OCC(C)(C)C(=O)NNC(=O)OC(C)(C)C. The van der Waals surface area contributed by atoms with Crippen LogP contribution in [0, 0.1) is 5.41 Å². The Morgan fingerprint density at radius 1 is 1.00 bits per heavy atom. The van der Waals surface area contributed by atoms with Crippen LogP contribution < -0.4 is 10.9 Å². The van der Waals surface area contributed by atoms with Crippen molar-refractivity contribution in [3.05, 3.63) is 0 Å². The lowest BCUT2D eigenvalue weighted by atomic mass is 9.94. The molecular formula is C12H22N2O5. The van der Waals surface area contributed by atoms with Crippen molar-refractivity contribution in [1.29, 1.82) is 0 Å². The molecule has 0 aromatic carbocycles. The van der Waals surface area contributed by atoms with Gasteiger partial charge in [0.1, 0.15) is 12.2 Å². The van der Waals surface area contributed by atoms with Crippen LogP contribution in [0.5, 0.6) is 0 Å². The van der Waals surface area contributed by atoms with Gasteiger partial charge in [-0.05, 0) is 34.6 Å². The first-order chi connectivity index (χ1) is 8.44. The van der Waals surface area contributed by atoms with Crippen LogP contribution >= 0.6 is 0 Å². The van der Waals surface area contributed by atoms with Crippen LogP contribution in [0.1, 0.15) is 41.5 Å². The molecule has 2 N–H and O–H groups in total. The largest absolute Gasteiger partial charge is 0.465 e. The lowest BCUT2D eigenvalue weighted by Gasteiger charge is -2.24. The predicted molar refractivity (Wildman–Crippen MR) is 67.9 cm³/mol. The Bertz CT molecular complexity index is 358. The van der Waals surface area contributed by atoms with Gasteiger partial charge in [0, 0.05) is 6.92 Å². The van der Waals surface area contributed by atoms with E-state index >= 15 is 0 Å². The summed E-state index contributed by atoms with van der Waals surface area (Å²) in [5.74, 6) is -0.958. The summed E-state index contributed by atoms with van der Waals surface area (Å²) in [6.07, 6.45) is -0.760. The first kappa shape index (κ1) is 17.2. The van der Waals surface area contributed by atoms with Crippen LogP contribution in [-0.4, -0.2) is 30.2 Å². The Balaban J connectivity index is 4.23. The smallest absolute Gasteiger partial charge is 0.426 e. The molecule has 0 aromatic heterocycles. The summed E-state index contributed by atoms with van der Waals surface area (Å²) in [7, 11) is 0. The minimum absolute atomic E-state index is 0.0792. The zero-order valence-corrected chi connectivity index (χ0v) is 12.2. The van der Waals surface area contributed by atoms with Crippen molar-refractivity contribution in [2.24, 2.45) is 5.41 Å². The molecule has 0 saturated carbocycles. The molecule has 7 heteroatoms. The highest BCUT2D eigenvalue weighted by molar-refractivity contribution is 5.84. The minimum Gasteiger partial charge on any atom is -0.465 e. The van der Waals surface area contributed by atoms with E-state index in [1.807, 2.05) is 0 Å². The molecule has 0 bridgehead atoms. The van der Waals surface area contributed by atoms with Crippen molar-refractivity contribution < 1.29 is 23.9 Å². The molecule has 0 unspecified atom stereocenters. The third-order valence-corrected chi connectivity index (χ3v) is 1.93. The highest BCUT2D eigenvalue weighted by Gasteiger charge is 2.30. The van der Waals surface area contributed by atoms with E-state index in [2.05, 4.69) is 10.9 Å². The van der Waals surface area contributed by atoms with Crippen LogP contribution in [0.25, 0.3) is 0 Å². The Morgan fingerprint density at radius 2 is 1.53 bits per heavy atom. The van der Waals surface area contributed by atoms with Crippen LogP contribution in [0.2, 0.25) is 0 Å². The van der Waals surface area contributed by atoms with Crippen molar-refractivity contribution in [3.8, 4) is 0 Å². The molecule has 110 valence electrons. The average Bonchev–Trinajstić information content (AvgIpc) is 2.20. The molecule has 0 fully saturated rings. The molecule has 0 rings (SSSR count). The van der Waals surface area contributed by atoms with Gasteiger partial charge in [-0.3, -0.25) is 15.0 Å². The monoisotopic (exact) mass is 274 g/mol. The number of hydrogen-bond acceptors (Lipinski definition) is 5. The second-order valence-corrected chi connectivity index (χ2v) is 5.75. The van der Waals surface area contributed by atoms with Crippen molar-refractivity contribution in [3.63, 3.8) is 0 Å². The van der Waals surface area contributed by atoms with Gasteiger partial charge in [-0.25, -0.2) is 10.2 Å². The maximum Gasteiger partial charge on any atom is 0.426 e. The molecule has 0 spiro atoms. The third kappa shape index (κ3) is 8.01. The zero-order valence-electron chi connectivity index (χ0n) is 12.2. The van der Waals surface area contributed by atoms with Gasteiger partial charge < -0.3 is 9.47 Å². The van der Waals surface area contributed by atoms with Crippen molar-refractivity contribution >= 4 is 18.0 Å². The molecule has 0 aromatic rings. The molecule has 0 aliphatic rings. The quantitative estimate of drug-likeness (QED) is 0.594. The molecule has 19 heavy (non-hydrogen) atoms. The number of esters is 1. The van der Waals surface area contributed by atoms with E-state index in [-0.39, 0.29) is 6.61 Å². The topological polar surface area (TPSA) is 93.7 Å². The predicted octanol–water partition coefficient (Wildman–Crippen LogP) is 1.13. The molecule has 0 heterocycles. The van der Waals surface area contributed by atoms with Gasteiger partial charge in [0.2, 0.25) is 5.91 Å². The zero-order chi connectivity index (χ0) is 15.3. The Labute approximate surface area is 113 Å². The van der Waals surface area contributed by atoms with E-state index in [1.54, 1.807) is 34.6 Å². The summed E-state index contributed by atoms with van der Waals surface area (Å²) in [6, 6.07) is 0. The van der Waals surface area contributed by atoms with Crippen molar-refractivity contribution in [2.75, 3.05) is 6.61 Å². The standard InChI is InChI=1S/C12H22N2O5/c1-8(15)18-7-12(5,6)9(16)13-14-10(17)19-11(2,3)4/h7H2,1-6H3,(H,13,16)(H,14,17). The molecule has 0 aliphatic carbocycles. The fourth-order valence-electron chi connectivity index (χ4n) is 0.928. The number of hydrazine groups is 1. The lowest BCUT2D eigenvalue weighted by molar-refractivity contribution is -0.147. The molecule has 0 atom stereocenters. The molecule has 2 amide bonds. The maximum absolute atomic E-state index is 11.8. The molecule has 0 radical (unpaired) electrons. The number of rotatable bonds is 3. The summed E-state index contributed by atoms with van der Waals surface area (Å²) in [6.45, 7) is 9.47. The summed E-state index contributed by atoms with van der Waals surface area (Å²) >= 11 is 0. The van der Waals surface area contributed by atoms with E-state index < -0.39 is 29.0 Å². The summed E-state index contributed by atoms with van der Waals surface area (Å²) in [4.78, 5) is 33.8. The van der Waals surface area contributed by atoms with Crippen LogP contribution in [0.15, 0.2) is 0 Å². The van der Waals surface area contributed by atoms with Crippen LogP contribution in [0.3, 0.4) is 0 Å². The van der Waals surface area contributed by atoms with E-state index in [9.17, 15) is 14.4 Å². The number of carbonyl (C=O) groups is 3. The summed E-state index contributed by atoms with van der Waals surface area (Å²) < 4.78 is 9.72. The first-order valence-corrected chi connectivity index (χ1v) is 5.87. The van der Waals surface area contributed by atoms with Gasteiger partial charge in [0.05, 0.1) is 5.41 Å². The third-order valence-electron chi connectivity index (χ3n) is 1.93. The normalized spacial score (nSPS) is 11.5. The van der Waals surface area contributed by atoms with Crippen molar-refractivity contribution in [2.45, 2.75) is 47.1 Å². The van der Waals surface area contributed by atoms with Crippen LogP contribution in [-0.2, 0) is 19.1 Å². The summed E-state index contributed by atoms with van der Waals surface area (Å²) in [5, 5.41) is 0. The number of nitrogens with one attached hydrogen (secondary N) is 2. The van der Waals surface area contributed by atoms with E-state index in [4.69, 9.17) is 9.47 Å². The number of carbonyl (C=O) groups excluding carboxylic acids is 3. The van der Waals surface area contributed by atoms with E-state index in [1.165, 1.54) is 6.92 Å². The Morgan fingerprint density at radius 3 is 1.95 bits per heavy atom. The van der Waals surface area contributed by atoms with Gasteiger partial charge in [-0.2, -0.15) is 0 Å². The summed E-state index contributed by atoms with van der Waals surface area (Å²) in [5.41, 5.74) is 2.74. The average molecular weight is 274 g/mol. The lowest BCUT2D eigenvalue weighted by Crippen LogP contribution is -2.50. The minimum atomic E-state index is -0.958. The highest BCUT2D eigenvalue weighted by atomic mass is 16.6. The van der Waals surface area contributed by atoms with Crippen molar-refractivity contribution in [1.82, 2.24) is 10.9 Å². The van der Waals surface area contributed by atoms with E-state index in [0.29, 0.717) is 0 Å². The molecular weight excluding hydrogens is 252 g/mol. The molecule has 0 saturated heterocycles. The second-order valence-electron chi connectivity index (χ2n) is 5.75. The highest BCUT2D eigenvalue weighted by Crippen LogP contribution is 2.15. The fraction of sp³-hybridized carbons (Fsp3) is 0.750. The first-order valence-electron chi connectivity index (χ1n) is 5.87. The number of ether oxygens (including phenoxy) is 2. The van der Waals surface area contributed by atoms with Gasteiger partial charge in [-0.15, -0.1) is 0 Å². The van der Waals surface area contributed by atoms with Crippen LogP contribution in [0.4, 0.5) is 4.79 Å². The van der Waals surface area contributed by atoms with Gasteiger partial charge >= 0.3 is 12.1 Å². The number of amides is 2. The van der Waals surface area contributed by atoms with E-state index in [0.717, 1.165) is 0 Å². The van der Waals surface area contributed by atoms with Gasteiger partial charge in [0.25, 0.3) is 0 Å².